The largest absolute Gasteiger partial charge is 0.481 e. The van der Waals surface area contributed by atoms with Gasteiger partial charge in [0.15, 0.2) is 0 Å². The molecule has 0 spiro atoms. The predicted molar refractivity (Wildman–Crippen MR) is 58.0 cm³/mol. The molecule has 15 heavy (non-hydrogen) atoms. The van der Waals surface area contributed by atoms with Gasteiger partial charge in [0.1, 0.15) is 0 Å². The van der Waals surface area contributed by atoms with Gasteiger partial charge in [0.2, 0.25) is 0 Å². The molecule has 82 valence electrons. The van der Waals surface area contributed by atoms with Crippen LogP contribution in [0.2, 0.25) is 0 Å². The normalized spacial score (nSPS) is 12.2. The standard InChI is InChI=1S/C11H15NO3/c1-12(2)9-5-3-8(4-6-9)10(13)7-11(14)15/h3-6,10,13H,7H2,1-2H3,(H,14,15). The fourth-order valence-corrected chi connectivity index (χ4v) is 1.28. The third kappa shape index (κ3) is 3.25. The molecule has 0 saturated heterocycles. The number of aliphatic hydroxyl groups is 1. The Labute approximate surface area is 88.8 Å². The third-order valence-electron chi connectivity index (χ3n) is 2.16. The van der Waals surface area contributed by atoms with Crippen molar-refractivity contribution in [3.8, 4) is 0 Å². The Balaban J connectivity index is 2.75. The summed E-state index contributed by atoms with van der Waals surface area (Å²) in [6.45, 7) is 0. The van der Waals surface area contributed by atoms with Crippen molar-refractivity contribution in [2.45, 2.75) is 12.5 Å². The molecule has 4 nitrogen and oxygen atoms in total. The summed E-state index contributed by atoms with van der Waals surface area (Å²) in [7, 11) is 3.84. The van der Waals surface area contributed by atoms with Crippen LogP contribution in [0, 0.1) is 0 Å². The quantitative estimate of drug-likeness (QED) is 0.783. The number of carboxylic acids is 1. The Bertz CT molecular complexity index is 332. The lowest BCUT2D eigenvalue weighted by Crippen LogP contribution is -2.09. The van der Waals surface area contributed by atoms with E-state index in [0.29, 0.717) is 5.56 Å². The number of hydrogen-bond acceptors (Lipinski definition) is 3. The van der Waals surface area contributed by atoms with Gasteiger partial charge in [-0.1, -0.05) is 12.1 Å². The molecule has 1 rings (SSSR count). The average Bonchev–Trinajstić information content (AvgIpc) is 2.17. The summed E-state index contributed by atoms with van der Waals surface area (Å²) < 4.78 is 0. The van der Waals surface area contributed by atoms with Crippen molar-refractivity contribution in [2.24, 2.45) is 0 Å². The van der Waals surface area contributed by atoms with Crippen LogP contribution in [0.15, 0.2) is 24.3 Å². The van der Waals surface area contributed by atoms with Gasteiger partial charge in [0.25, 0.3) is 0 Å². The zero-order valence-corrected chi connectivity index (χ0v) is 8.84. The highest BCUT2D eigenvalue weighted by Crippen LogP contribution is 2.19. The van der Waals surface area contributed by atoms with E-state index in [0.717, 1.165) is 5.69 Å². The van der Waals surface area contributed by atoms with Crippen LogP contribution in [0.4, 0.5) is 5.69 Å². The van der Waals surface area contributed by atoms with Crippen molar-refractivity contribution >= 4 is 11.7 Å². The maximum absolute atomic E-state index is 10.4. The van der Waals surface area contributed by atoms with Gasteiger partial charge in [0, 0.05) is 19.8 Å². The number of hydrogen-bond donors (Lipinski definition) is 2. The molecular weight excluding hydrogens is 194 g/mol. The molecule has 1 aromatic rings. The van der Waals surface area contributed by atoms with Crippen LogP contribution >= 0.6 is 0 Å². The molecular formula is C11H15NO3. The number of anilines is 1. The number of aliphatic carboxylic acids is 1. The lowest BCUT2D eigenvalue weighted by Gasteiger charge is -2.14. The molecule has 1 unspecified atom stereocenters. The highest BCUT2D eigenvalue weighted by atomic mass is 16.4. The SMILES string of the molecule is CN(C)c1ccc(C(O)CC(=O)O)cc1. The first-order valence-corrected chi connectivity index (χ1v) is 4.68. The van der Waals surface area contributed by atoms with E-state index in [4.69, 9.17) is 5.11 Å². The molecule has 4 heteroatoms. The van der Waals surface area contributed by atoms with Gasteiger partial charge in [-0.2, -0.15) is 0 Å². The van der Waals surface area contributed by atoms with Gasteiger partial charge in [-0.05, 0) is 17.7 Å². The Morgan fingerprint density at radius 1 is 1.33 bits per heavy atom. The number of rotatable bonds is 4. The van der Waals surface area contributed by atoms with Crippen LogP contribution in [-0.2, 0) is 4.79 Å². The minimum Gasteiger partial charge on any atom is -0.481 e. The van der Waals surface area contributed by atoms with E-state index in [1.807, 2.05) is 31.1 Å². The summed E-state index contributed by atoms with van der Waals surface area (Å²) in [5.74, 6) is -1.00. The van der Waals surface area contributed by atoms with E-state index in [1.54, 1.807) is 12.1 Å². The van der Waals surface area contributed by atoms with Crippen molar-refractivity contribution in [1.29, 1.82) is 0 Å². The fraction of sp³-hybridized carbons (Fsp3) is 0.364. The Morgan fingerprint density at radius 3 is 2.27 bits per heavy atom. The number of nitrogens with zero attached hydrogens (tertiary/aromatic N) is 1. The van der Waals surface area contributed by atoms with Gasteiger partial charge in [0.05, 0.1) is 12.5 Å². The summed E-state index contributed by atoms with van der Waals surface area (Å²) in [6, 6.07) is 7.17. The lowest BCUT2D eigenvalue weighted by molar-refractivity contribution is -0.139. The second kappa shape index (κ2) is 4.79. The smallest absolute Gasteiger partial charge is 0.306 e. The lowest BCUT2D eigenvalue weighted by atomic mass is 10.1. The molecule has 0 aliphatic rings. The Kier molecular flexibility index (Phi) is 3.68. The summed E-state index contributed by atoms with van der Waals surface area (Å²) in [5.41, 5.74) is 1.64. The summed E-state index contributed by atoms with van der Waals surface area (Å²) in [5, 5.41) is 18.0. The molecule has 0 bridgehead atoms. The number of carbonyl (C=O) groups is 1. The van der Waals surface area contributed by atoms with E-state index in [-0.39, 0.29) is 6.42 Å². The minimum absolute atomic E-state index is 0.263. The van der Waals surface area contributed by atoms with Gasteiger partial charge in [-0.25, -0.2) is 0 Å². The molecule has 0 amide bonds. The van der Waals surface area contributed by atoms with Crippen molar-refractivity contribution in [1.82, 2.24) is 0 Å². The number of benzene rings is 1. The molecule has 0 aliphatic heterocycles. The second-order valence-corrected chi connectivity index (χ2v) is 3.60. The van der Waals surface area contributed by atoms with Crippen LogP contribution < -0.4 is 4.90 Å². The first kappa shape index (κ1) is 11.5. The van der Waals surface area contributed by atoms with Crippen molar-refractivity contribution in [3.63, 3.8) is 0 Å². The first-order valence-electron chi connectivity index (χ1n) is 4.68. The molecule has 0 heterocycles. The van der Waals surface area contributed by atoms with Gasteiger partial charge in [-0.3, -0.25) is 4.79 Å². The van der Waals surface area contributed by atoms with Gasteiger partial charge >= 0.3 is 5.97 Å². The highest BCUT2D eigenvalue weighted by Gasteiger charge is 2.11. The maximum Gasteiger partial charge on any atom is 0.306 e. The van der Waals surface area contributed by atoms with Crippen LogP contribution in [0.3, 0.4) is 0 Å². The second-order valence-electron chi connectivity index (χ2n) is 3.60. The average molecular weight is 209 g/mol. The van der Waals surface area contributed by atoms with E-state index in [2.05, 4.69) is 0 Å². The minimum atomic E-state index is -1.00. The predicted octanol–water partition coefficient (Wildman–Crippen LogP) is 1.26. The van der Waals surface area contributed by atoms with E-state index in [1.165, 1.54) is 0 Å². The molecule has 1 atom stereocenters. The summed E-state index contributed by atoms with van der Waals surface area (Å²) in [4.78, 5) is 12.3. The third-order valence-corrected chi connectivity index (χ3v) is 2.16. The monoisotopic (exact) mass is 209 g/mol. The van der Waals surface area contributed by atoms with Crippen LogP contribution in [0.1, 0.15) is 18.1 Å². The highest BCUT2D eigenvalue weighted by molar-refractivity contribution is 5.67. The first-order chi connectivity index (χ1) is 7.00. The zero-order chi connectivity index (χ0) is 11.4. The molecule has 0 saturated carbocycles. The van der Waals surface area contributed by atoms with Crippen LogP contribution in [0.25, 0.3) is 0 Å². The molecule has 2 N–H and O–H groups in total. The molecule has 0 aromatic heterocycles. The number of aliphatic hydroxyl groups excluding tert-OH is 1. The zero-order valence-electron chi connectivity index (χ0n) is 8.84. The van der Waals surface area contributed by atoms with Crippen molar-refractivity contribution in [3.05, 3.63) is 29.8 Å². The molecule has 0 aliphatic carbocycles. The fourth-order valence-electron chi connectivity index (χ4n) is 1.28. The van der Waals surface area contributed by atoms with Crippen LogP contribution in [-0.4, -0.2) is 30.3 Å². The molecule has 0 radical (unpaired) electrons. The maximum atomic E-state index is 10.4. The molecule has 1 aromatic carbocycles. The molecule has 0 fully saturated rings. The summed E-state index contributed by atoms with van der Waals surface area (Å²) in [6.07, 6.45) is -1.19. The van der Waals surface area contributed by atoms with E-state index in [9.17, 15) is 9.90 Å². The van der Waals surface area contributed by atoms with E-state index < -0.39 is 12.1 Å². The Hall–Kier alpha value is -1.55. The summed E-state index contributed by atoms with van der Waals surface area (Å²) >= 11 is 0. The van der Waals surface area contributed by atoms with E-state index >= 15 is 0 Å². The van der Waals surface area contributed by atoms with Crippen molar-refractivity contribution < 1.29 is 15.0 Å². The van der Waals surface area contributed by atoms with Gasteiger partial charge in [-0.15, -0.1) is 0 Å². The number of carboxylic acid groups (broad SMARTS) is 1. The van der Waals surface area contributed by atoms with Crippen LogP contribution in [0.5, 0.6) is 0 Å². The Morgan fingerprint density at radius 2 is 1.87 bits per heavy atom. The topological polar surface area (TPSA) is 60.8 Å². The van der Waals surface area contributed by atoms with Gasteiger partial charge < -0.3 is 15.1 Å². The van der Waals surface area contributed by atoms with Crippen molar-refractivity contribution in [2.75, 3.05) is 19.0 Å².